The summed E-state index contributed by atoms with van der Waals surface area (Å²) in [5.41, 5.74) is 1.37. The maximum Gasteiger partial charge on any atom is 0.223 e. The number of benzene rings is 1. The van der Waals surface area contributed by atoms with Gasteiger partial charge in [-0.3, -0.25) is 9.69 Å². The van der Waals surface area contributed by atoms with E-state index in [-0.39, 0.29) is 11.8 Å². The van der Waals surface area contributed by atoms with Crippen molar-refractivity contribution in [2.24, 2.45) is 17.8 Å². The molecule has 4 nitrogen and oxygen atoms in total. The molecule has 3 atom stereocenters. The number of nitrogens with one attached hydrogen (secondary N) is 1. The number of likely N-dealkylation sites (tertiary alicyclic amines) is 1. The molecule has 2 fully saturated rings. The molecule has 3 rings (SSSR count). The van der Waals surface area contributed by atoms with Gasteiger partial charge in [-0.05, 0) is 43.6 Å². The molecule has 0 aliphatic carbocycles. The summed E-state index contributed by atoms with van der Waals surface area (Å²) in [5, 5.41) is 3.22. The largest absolute Gasteiger partial charge is 0.381 e. The Kier molecular flexibility index (Phi) is 6.49. The van der Waals surface area contributed by atoms with Crippen molar-refractivity contribution in [1.82, 2.24) is 10.2 Å². The number of hydrogen-bond acceptors (Lipinski definition) is 3. The Morgan fingerprint density at radius 2 is 2.00 bits per heavy atom. The topological polar surface area (TPSA) is 41.6 Å². The van der Waals surface area contributed by atoms with Crippen LogP contribution in [-0.4, -0.2) is 43.2 Å². The highest BCUT2D eigenvalue weighted by Crippen LogP contribution is 2.26. The molecular formula is C21H32N2O2. The lowest BCUT2D eigenvalue weighted by Gasteiger charge is -2.27. The fraction of sp³-hybridized carbons (Fsp3) is 0.667. The fourth-order valence-electron chi connectivity index (χ4n) is 4.24. The molecule has 0 saturated carbocycles. The van der Waals surface area contributed by atoms with Gasteiger partial charge in [-0.2, -0.15) is 0 Å². The van der Waals surface area contributed by atoms with Gasteiger partial charge in [0.2, 0.25) is 5.91 Å². The minimum Gasteiger partial charge on any atom is -0.381 e. The zero-order chi connectivity index (χ0) is 17.6. The van der Waals surface area contributed by atoms with E-state index in [1.54, 1.807) is 0 Å². The van der Waals surface area contributed by atoms with Crippen molar-refractivity contribution >= 4 is 5.91 Å². The quantitative estimate of drug-likeness (QED) is 0.862. The fourth-order valence-corrected chi connectivity index (χ4v) is 4.24. The molecule has 4 heteroatoms. The van der Waals surface area contributed by atoms with Gasteiger partial charge in [0.15, 0.2) is 0 Å². The predicted octanol–water partition coefficient (Wildman–Crippen LogP) is 3.08. The van der Waals surface area contributed by atoms with Gasteiger partial charge in [0.25, 0.3) is 0 Å². The average molecular weight is 344 g/mol. The van der Waals surface area contributed by atoms with Crippen LogP contribution in [0.3, 0.4) is 0 Å². The van der Waals surface area contributed by atoms with E-state index in [0.29, 0.717) is 17.9 Å². The number of rotatable bonds is 6. The SMILES string of the molecule is C[C@H](C(=O)NC[C@H]1C[C@H](C)N(Cc2ccccc2)C1)C1CCOCC1. The monoisotopic (exact) mass is 344 g/mol. The molecular weight excluding hydrogens is 312 g/mol. The van der Waals surface area contributed by atoms with E-state index in [2.05, 4.69) is 54.4 Å². The summed E-state index contributed by atoms with van der Waals surface area (Å²) in [6, 6.07) is 11.2. The third-order valence-corrected chi connectivity index (χ3v) is 5.97. The van der Waals surface area contributed by atoms with Crippen molar-refractivity contribution in [2.45, 2.75) is 45.7 Å². The van der Waals surface area contributed by atoms with E-state index < -0.39 is 0 Å². The smallest absolute Gasteiger partial charge is 0.223 e. The van der Waals surface area contributed by atoms with Crippen LogP contribution in [0.5, 0.6) is 0 Å². The van der Waals surface area contributed by atoms with Gasteiger partial charge in [-0.1, -0.05) is 37.3 Å². The van der Waals surface area contributed by atoms with Crippen molar-refractivity contribution in [3.05, 3.63) is 35.9 Å². The van der Waals surface area contributed by atoms with E-state index >= 15 is 0 Å². The summed E-state index contributed by atoms with van der Waals surface area (Å²) >= 11 is 0. The lowest BCUT2D eigenvalue weighted by molar-refractivity contribution is -0.127. The molecule has 2 aliphatic rings. The summed E-state index contributed by atoms with van der Waals surface area (Å²) in [6.45, 7) is 8.86. The van der Waals surface area contributed by atoms with Crippen molar-refractivity contribution in [3.63, 3.8) is 0 Å². The lowest BCUT2D eigenvalue weighted by Crippen LogP contribution is -2.38. The third-order valence-electron chi connectivity index (χ3n) is 5.97. The van der Waals surface area contributed by atoms with Gasteiger partial charge in [-0.25, -0.2) is 0 Å². The summed E-state index contributed by atoms with van der Waals surface area (Å²) in [4.78, 5) is 15.0. The molecule has 2 aliphatic heterocycles. The first kappa shape index (κ1) is 18.4. The normalized spacial score (nSPS) is 26.5. The van der Waals surface area contributed by atoms with Gasteiger partial charge in [0.05, 0.1) is 0 Å². The van der Waals surface area contributed by atoms with E-state index in [0.717, 1.165) is 45.7 Å². The van der Waals surface area contributed by atoms with Gasteiger partial charge in [-0.15, -0.1) is 0 Å². The maximum absolute atomic E-state index is 12.5. The van der Waals surface area contributed by atoms with Crippen molar-refractivity contribution < 1.29 is 9.53 Å². The van der Waals surface area contributed by atoms with Crippen molar-refractivity contribution in [2.75, 3.05) is 26.3 Å². The van der Waals surface area contributed by atoms with Crippen molar-refractivity contribution in [1.29, 1.82) is 0 Å². The first-order valence-corrected chi connectivity index (χ1v) is 9.77. The Hall–Kier alpha value is -1.39. The standard InChI is InChI=1S/C21H32N2O2/c1-16-12-19(15-23(16)14-18-6-4-3-5-7-18)13-22-21(24)17(2)20-8-10-25-11-9-20/h3-7,16-17,19-20H,8-15H2,1-2H3,(H,22,24)/t16-,17-,19+/m0/s1. The van der Waals surface area contributed by atoms with Gasteiger partial charge < -0.3 is 10.1 Å². The molecule has 1 amide bonds. The highest BCUT2D eigenvalue weighted by atomic mass is 16.5. The number of carbonyl (C=O) groups excluding carboxylic acids is 1. The summed E-state index contributed by atoms with van der Waals surface area (Å²) in [7, 11) is 0. The van der Waals surface area contributed by atoms with Crippen LogP contribution in [0.1, 0.15) is 38.7 Å². The van der Waals surface area contributed by atoms with Crippen LogP contribution in [0.4, 0.5) is 0 Å². The molecule has 1 aromatic rings. The Labute approximate surface area is 151 Å². The second-order valence-electron chi connectivity index (χ2n) is 7.85. The molecule has 1 aromatic carbocycles. The summed E-state index contributed by atoms with van der Waals surface area (Å²) in [5.74, 6) is 1.36. The molecule has 138 valence electrons. The van der Waals surface area contributed by atoms with Crippen LogP contribution in [0, 0.1) is 17.8 Å². The molecule has 25 heavy (non-hydrogen) atoms. The number of carbonyl (C=O) groups is 1. The lowest BCUT2D eigenvalue weighted by atomic mass is 9.86. The number of hydrogen-bond donors (Lipinski definition) is 1. The molecule has 0 spiro atoms. The molecule has 2 heterocycles. The van der Waals surface area contributed by atoms with E-state index in [4.69, 9.17) is 4.74 Å². The van der Waals surface area contributed by atoms with Crippen LogP contribution < -0.4 is 5.32 Å². The number of nitrogens with zero attached hydrogens (tertiary/aromatic N) is 1. The van der Waals surface area contributed by atoms with E-state index in [1.165, 1.54) is 12.0 Å². The zero-order valence-electron chi connectivity index (χ0n) is 15.6. The van der Waals surface area contributed by atoms with E-state index in [1.807, 2.05) is 0 Å². The Balaban J connectivity index is 1.43. The number of ether oxygens (including phenoxy) is 1. The van der Waals surface area contributed by atoms with Crippen LogP contribution in [0.25, 0.3) is 0 Å². The highest BCUT2D eigenvalue weighted by Gasteiger charge is 2.30. The van der Waals surface area contributed by atoms with Crippen LogP contribution in [0.15, 0.2) is 30.3 Å². The molecule has 0 unspecified atom stereocenters. The van der Waals surface area contributed by atoms with Gasteiger partial charge in [0, 0.05) is 44.8 Å². The average Bonchev–Trinajstić information content (AvgIpc) is 3.00. The summed E-state index contributed by atoms with van der Waals surface area (Å²) < 4.78 is 5.41. The maximum atomic E-state index is 12.5. The molecule has 2 saturated heterocycles. The van der Waals surface area contributed by atoms with Crippen LogP contribution in [-0.2, 0) is 16.1 Å². The highest BCUT2D eigenvalue weighted by molar-refractivity contribution is 5.78. The second-order valence-corrected chi connectivity index (χ2v) is 7.85. The Morgan fingerprint density at radius 3 is 2.72 bits per heavy atom. The van der Waals surface area contributed by atoms with Crippen molar-refractivity contribution in [3.8, 4) is 0 Å². The first-order valence-electron chi connectivity index (χ1n) is 9.77. The molecule has 0 aromatic heterocycles. The minimum atomic E-state index is 0.100. The zero-order valence-corrected chi connectivity index (χ0v) is 15.6. The summed E-state index contributed by atoms with van der Waals surface area (Å²) in [6.07, 6.45) is 3.19. The number of amides is 1. The Morgan fingerprint density at radius 1 is 1.28 bits per heavy atom. The van der Waals surface area contributed by atoms with Crippen LogP contribution >= 0.6 is 0 Å². The van der Waals surface area contributed by atoms with Gasteiger partial charge in [0.1, 0.15) is 0 Å². The molecule has 0 bridgehead atoms. The van der Waals surface area contributed by atoms with Crippen LogP contribution in [0.2, 0.25) is 0 Å². The molecule has 0 radical (unpaired) electrons. The van der Waals surface area contributed by atoms with Gasteiger partial charge >= 0.3 is 0 Å². The van der Waals surface area contributed by atoms with E-state index in [9.17, 15) is 4.79 Å². The molecule has 1 N–H and O–H groups in total. The first-order chi connectivity index (χ1) is 12.1. The second kappa shape index (κ2) is 8.81. The third kappa shape index (κ3) is 5.05. The minimum absolute atomic E-state index is 0.100. The Bertz CT molecular complexity index is 542. The predicted molar refractivity (Wildman–Crippen MR) is 100 cm³/mol.